The van der Waals surface area contributed by atoms with Gasteiger partial charge >= 0.3 is 0 Å². The second-order valence-electron chi connectivity index (χ2n) is 6.56. The van der Waals surface area contributed by atoms with Gasteiger partial charge in [-0.1, -0.05) is 11.6 Å². The minimum Gasteiger partial charge on any atom is -0.493 e. The fourth-order valence-electron chi connectivity index (χ4n) is 3.52. The Bertz CT molecular complexity index is 691. The summed E-state index contributed by atoms with van der Waals surface area (Å²) in [5.41, 5.74) is 4.06. The van der Waals surface area contributed by atoms with Gasteiger partial charge in [0.05, 0.1) is 27.4 Å². The first-order valence-electron chi connectivity index (χ1n) is 9.20. The van der Waals surface area contributed by atoms with Crippen molar-refractivity contribution in [2.75, 3.05) is 47.6 Å². The number of nitrogens with one attached hydrogen (secondary N) is 1. The van der Waals surface area contributed by atoms with Crippen molar-refractivity contribution in [2.24, 2.45) is 4.99 Å². The van der Waals surface area contributed by atoms with Gasteiger partial charge in [0.2, 0.25) is 0 Å². The molecule has 2 aliphatic rings. The number of hydrogen-bond donors (Lipinski definition) is 1. The number of methoxy groups -OCH3 is 2. The highest BCUT2D eigenvalue weighted by Gasteiger charge is 2.21. The maximum atomic E-state index is 5.45. The zero-order chi connectivity index (χ0) is 18.4. The predicted molar refractivity (Wildman–Crippen MR) is 119 cm³/mol. The van der Waals surface area contributed by atoms with E-state index < -0.39 is 0 Å². The number of halogens is 1. The smallest absolute Gasteiger partial charge is 0.193 e. The third kappa shape index (κ3) is 5.51. The van der Waals surface area contributed by atoms with Crippen LogP contribution < -0.4 is 14.8 Å². The quantitative estimate of drug-likeness (QED) is 0.300. The Balaban J connectivity index is 0.00000261. The Labute approximate surface area is 179 Å². The molecule has 2 aliphatic heterocycles. The molecule has 0 saturated carbocycles. The maximum absolute atomic E-state index is 5.45. The van der Waals surface area contributed by atoms with Gasteiger partial charge in [0.25, 0.3) is 0 Å². The molecule has 0 unspecified atom stereocenters. The van der Waals surface area contributed by atoms with Crippen LogP contribution in [0.25, 0.3) is 0 Å². The van der Waals surface area contributed by atoms with E-state index in [1.54, 1.807) is 14.2 Å². The molecular weight excluding hydrogens is 457 g/mol. The van der Waals surface area contributed by atoms with Crippen LogP contribution in [0.2, 0.25) is 0 Å². The molecule has 1 aromatic rings. The molecule has 0 aliphatic carbocycles. The van der Waals surface area contributed by atoms with Crippen LogP contribution in [0.3, 0.4) is 0 Å². The fourth-order valence-corrected chi connectivity index (χ4v) is 3.52. The Kier molecular flexibility index (Phi) is 8.69. The molecular formula is C20H30IN3O3. The lowest BCUT2D eigenvalue weighted by atomic mass is 9.99. The van der Waals surface area contributed by atoms with E-state index >= 15 is 0 Å². The summed E-state index contributed by atoms with van der Waals surface area (Å²) in [5, 5.41) is 3.51. The van der Waals surface area contributed by atoms with Crippen LogP contribution in [-0.2, 0) is 17.7 Å². The van der Waals surface area contributed by atoms with Crippen molar-refractivity contribution in [1.82, 2.24) is 10.2 Å². The van der Waals surface area contributed by atoms with E-state index in [1.165, 1.54) is 16.7 Å². The molecule has 0 bridgehead atoms. The number of guanidine groups is 1. The number of fused-ring (bicyclic) bond motifs is 1. The molecule has 0 radical (unpaired) electrons. The molecule has 27 heavy (non-hydrogen) atoms. The zero-order valence-electron chi connectivity index (χ0n) is 16.4. The molecule has 0 spiro atoms. The zero-order valence-corrected chi connectivity index (χ0v) is 18.7. The van der Waals surface area contributed by atoms with Crippen molar-refractivity contribution in [1.29, 1.82) is 0 Å². The van der Waals surface area contributed by atoms with E-state index in [0.29, 0.717) is 0 Å². The molecule has 1 N–H and O–H groups in total. The topological polar surface area (TPSA) is 55.3 Å². The van der Waals surface area contributed by atoms with Crippen molar-refractivity contribution in [3.05, 3.63) is 34.9 Å². The number of rotatable bonds is 5. The molecule has 0 atom stereocenters. The summed E-state index contributed by atoms with van der Waals surface area (Å²) in [6.07, 6.45) is 5.25. The van der Waals surface area contributed by atoms with E-state index in [1.807, 2.05) is 7.05 Å². The molecule has 1 aromatic carbocycles. The van der Waals surface area contributed by atoms with E-state index in [9.17, 15) is 0 Å². The SMILES string of the molecule is CN=C(NCCC1=CCOCC1)N1CCc2cc(OC)c(OC)cc2C1.I. The molecule has 6 nitrogen and oxygen atoms in total. The molecule has 0 fully saturated rings. The Hall–Kier alpha value is -1.48. The van der Waals surface area contributed by atoms with Gasteiger partial charge < -0.3 is 24.4 Å². The van der Waals surface area contributed by atoms with E-state index in [2.05, 4.69) is 33.4 Å². The van der Waals surface area contributed by atoms with Crippen LogP contribution >= 0.6 is 24.0 Å². The standard InChI is InChI=1S/C20H29N3O3.HI/c1-21-20(22-8-4-15-6-10-26-11-7-15)23-9-5-16-12-18(24-2)19(25-3)13-17(16)14-23;/h6,12-13H,4-5,7-11,14H2,1-3H3,(H,21,22);1H. The largest absolute Gasteiger partial charge is 0.493 e. The predicted octanol–water partition coefficient (Wildman–Crippen LogP) is 2.99. The van der Waals surface area contributed by atoms with Crippen molar-refractivity contribution in [3.63, 3.8) is 0 Å². The second-order valence-corrected chi connectivity index (χ2v) is 6.56. The number of aliphatic imine (C=N–C) groups is 1. The summed E-state index contributed by atoms with van der Waals surface area (Å²) in [5.74, 6) is 2.53. The molecule has 0 saturated heterocycles. The average molecular weight is 487 g/mol. The third-order valence-electron chi connectivity index (χ3n) is 5.02. The molecule has 3 rings (SSSR count). The summed E-state index contributed by atoms with van der Waals surface area (Å²) in [6.45, 7) is 4.26. The van der Waals surface area contributed by atoms with Crippen molar-refractivity contribution in [2.45, 2.75) is 25.8 Å². The minimum absolute atomic E-state index is 0. The van der Waals surface area contributed by atoms with Crippen LogP contribution in [0, 0.1) is 0 Å². The number of ether oxygens (including phenoxy) is 3. The van der Waals surface area contributed by atoms with Gasteiger partial charge in [-0.2, -0.15) is 0 Å². The van der Waals surface area contributed by atoms with Gasteiger partial charge in [0.1, 0.15) is 0 Å². The van der Waals surface area contributed by atoms with Gasteiger partial charge in [0.15, 0.2) is 17.5 Å². The van der Waals surface area contributed by atoms with Crippen LogP contribution in [0.5, 0.6) is 11.5 Å². The van der Waals surface area contributed by atoms with Crippen LogP contribution in [0.15, 0.2) is 28.8 Å². The monoisotopic (exact) mass is 487 g/mol. The second kappa shape index (κ2) is 10.8. The molecule has 7 heteroatoms. The van der Waals surface area contributed by atoms with Crippen LogP contribution in [0.4, 0.5) is 0 Å². The van der Waals surface area contributed by atoms with Gasteiger partial charge in [-0.15, -0.1) is 24.0 Å². The van der Waals surface area contributed by atoms with Gasteiger partial charge in [-0.05, 0) is 42.5 Å². The van der Waals surface area contributed by atoms with Crippen molar-refractivity contribution >= 4 is 29.9 Å². The summed E-state index contributed by atoms with van der Waals surface area (Å²) < 4.78 is 16.2. The van der Waals surface area contributed by atoms with E-state index in [4.69, 9.17) is 14.2 Å². The highest BCUT2D eigenvalue weighted by molar-refractivity contribution is 14.0. The fraction of sp³-hybridized carbons (Fsp3) is 0.550. The first-order valence-corrected chi connectivity index (χ1v) is 9.20. The number of nitrogens with zero attached hydrogens (tertiary/aromatic N) is 2. The number of hydrogen-bond acceptors (Lipinski definition) is 4. The average Bonchev–Trinajstić information content (AvgIpc) is 2.70. The third-order valence-corrected chi connectivity index (χ3v) is 5.02. The summed E-state index contributed by atoms with van der Waals surface area (Å²) in [7, 11) is 5.20. The lowest BCUT2D eigenvalue weighted by Crippen LogP contribution is -2.44. The molecule has 150 valence electrons. The Morgan fingerprint density at radius 2 is 1.93 bits per heavy atom. The maximum Gasteiger partial charge on any atom is 0.193 e. The van der Waals surface area contributed by atoms with Crippen LogP contribution in [0.1, 0.15) is 24.0 Å². The van der Waals surface area contributed by atoms with Gasteiger partial charge in [-0.25, -0.2) is 0 Å². The normalized spacial score (nSPS) is 16.8. The molecule has 2 heterocycles. The molecule has 0 aromatic heterocycles. The molecule has 0 amide bonds. The first kappa shape index (κ1) is 21.8. The highest BCUT2D eigenvalue weighted by atomic mass is 127. The lowest BCUT2D eigenvalue weighted by molar-refractivity contribution is 0.153. The van der Waals surface area contributed by atoms with Gasteiger partial charge in [0, 0.05) is 26.7 Å². The summed E-state index contributed by atoms with van der Waals surface area (Å²) >= 11 is 0. The number of benzene rings is 1. The van der Waals surface area contributed by atoms with Gasteiger partial charge in [-0.3, -0.25) is 4.99 Å². The van der Waals surface area contributed by atoms with Crippen LogP contribution in [-0.4, -0.2) is 58.4 Å². The first-order chi connectivity index (χ1) is 12.7. The Morgan fingerprint density at radius 1 is 1.19 bits per heavy atom. The Morgan fingerprint density at radius 3 is 2.56 bits per heavy atom. The van der Waals surface area contributed by atoms with E-state index in [0.717, 1.165) is 69.6 Å². The summed E-state index contributed by atoms with van der Waals surface area (Å²) in [6, 6.07) is 4.18. The van der Waals surface area contributed by atoms with Crippen molar-refractivity contribution < 1.29 is 14.2 Å². The van der Waals surface area contributed by atoms with Crippen molar-refractivity contribution in [3.8, 4) is 11.5 Å². The highest BCUT2D eigenvalue weighted by Crippen LogP contribution is 2.33. The lowest BCUT2D eigenvalue weighted by Gasteiger charge is -2.32. The summed E-state index contributed by atoms with van der Waals surface area (Å²) in [4.78, 5) is 6.77. The van der Waals surface area contributed by atoms with E-state index in [-0.39, 0.29) is 24.0 Å². The minimum atomic E-state index is 0.